The third kappa shape index (κ3) is 4.90. The molecule has 0 fully saturated rings. The molecule has 2 heteroatoms. The number of para-hydroxylation sites is 1. The highest BCUT2D eigenvalue weighted by atomic mass is 32.1. The van der Waals surface area contributed by atoms with Gasteiger partial charge in [-0.05, 0) is 99.3 Å². The lowest BCUT2D eigenvalue weighted by Gasteiger charge is -2.19. The van der Waals surface area contributed by atoms with Crippen molar-refractivity contribution in [1.29, 1.82) is 0 Å². The second-order valence-corrected chi connectivity index (χ2v) is 15.4. The molecule has 8 aromatic carbocycles. The fourth-order valence-corrected chi connectivity index (χ4v) is 10.1. The third-order valence-electron chi connectivity index (χ3n) is 11.5. The van der Waals surface area contributed by atoms with E-state index >= 15 is 0 Å². The van der Waals surface area contributed by atoms with Gasteiger partial charge in [0.1, 0.15) is 0 Å². The normalized spacial score (nSPS) is 14.1. The van der Waals surface area contributed by atoms with Crippen LogP contribution >= 0.6 is 11.3 Å². The molecule has 1 atom stereocenters. The Bertz CT molecular complexity index is 3000. The Morgan fingerprint density at radius 1 is 0.453 bits per heavy atom. The van der Waals surface area contributed by atoms with Crippen LogP contribution in [0.4, 0.5) is 0 Å². The molecule has 10 aromatic rings. The van der Waals surface area contributed by atoms with Crippen molar-refractivity contribution in [2.24, 2.45) is 0 Å². The van der Waals surface area contributed by atoms with E-state index in [1.807, 2.05) is 11.3 Å². The Kier molecular flexibility index (Phi) is 6.99. The quantitative estimate of drug-likeness (QED) is 0.173. The largest absolute Gasteiger partial charge is 0.308 e. The Morgan fingerprint density at radius 2 is 1.13 bits per heavy atom. The highest BCUT2D eigenvalue weighted by molar-refractivity contribution is 7.26. The van der Waals surface area contributed by atoms with Crippen molar-refractivity contribution in [2.75, 3.05) is 0 Å². The molecule has 0 spiro atoms. The SMILES string of the molecule is c1ccc(-c2ccc(C3CCc4ccc(-c5ccc6c(c5)c5ccccc5n6-c5cccc6c5sc5ccccc56)cc4-c4ccccc43)cc2)cc1. The minimum atomic E-state index is 0.347. The Morgan fingerprint density at radius 3 is 2.04 bits per heavy atom. The van der Waals surface area contributed by atoms with Gasteiger partial charge < -0.3 is 4.57 Å². The molecule has 1 aliphatic carbocycles. The zero-order valence-corrected chi connectivity index (χ0v) is 30.0. The average molecular weight is 694 g/mol. The van der Waals surface area contributed by atoms with Crippen molar-refractivity contribution in [3.05, 3.63) is 199 Å². The molecular weight excluding hydrogens is 659 g/mol. The summed E-state index contributed by atoms with van der Waals surface area (Å²) in [7, 11) is 0. The topological polar surface area (TPSA) is 4.93 Å². The van der Waals surface area contributed by atoms with Crippen LogP contribution in [0, 0.1) is 0 Å². The van der Waals surface area contributed by atoms with Crippen LogP contribution < -0.4 is 0 Å². The molecule has 0 amide bonds. The Labute approximate surface area is 313 Å². The summed E-state index contributed by atoms with van der Waals surface area (Å²) in [5, 5.41) is 5.21. The molecule has 0 aliphatic heterocycles. The smallest absolute Gasteiger partial charge is 0.0640 e. The highest BCUT2D eigenvalue weighted by Crippen LogP contribution is 2.45. The molecule has 1 nitrogen and oxygen atoms in total. The van der Waals surface area contributed by atoms with Gasteiger partial charge in [0.2, 0.25) is 0 Å². The third-order valence-corrected chi connectivity index (χ3v) is 12.7. The zero-order chi connectivity index (χ0) is 34.9. The van der Waals surface area contributed by atoms with Crippen molar-refractivity contribution >= 4 is 53.3 Å². The molecular formula is C51H35NS. The van der Waals surface area contributed by atoms with Gasteiger partial charge in [-0.1, -0.05) is 146 Å². The van der Waals surface area contributed by atoms with Crippen molar-refractivity contribution in [3.63, 3.8) is 0 Å². The number of hydrogen-bond acceptors (Lipinski definition) is 1. The second-order valence-electron chi connectivity index (χ2n) is 14.4. The Balaban J connectivity index is 1.02. The summed E-state index contributed by atoms with van der Waals surface area (Å²) in [6.45, 7) is 0. The fourth-order valence-electron chi connectivity index (χ4n) is 8.93. The predicted molar refractivity (Wildman–Crippen MR) is 227 cm³/mol. The highest BCUT2D eigenvalue weighted by Gasteiger charge is 2.24. The van der Waals surface area contributed by atoms with E-state index in [1.165, 1.54) is 97.7 Å². The summed E-state index contributed by atoms with van der Waals surface area (Å²) < 4.78 is 5.14. The molecule has 11 rings (SSSR count). The van der Waals surface area contributed by atoms with Gasteiger partial charge in [0, 0.05) is 32.2 Å². The van der Waals surface area contributed by atoms with E-state index in [4.69, 9.17) is 0 Å². The first kappa shape index (κ1) is 30.4. The van der Waals surface area contributed by atoms with E-state index in [-0.39, 0.29) is 0 Å². The van der Waals surface area contributed by atoms with Gasteiger partial charge in [-0.2, -0.15) is 0 Å². The first-order valence-electron chi connectivity index (χ1n) is 18.6. The van der Waals surface area contributed by atoms with Gasteiger partial charge in [0.25, 0.3) is 0 Å². The van der Waals surface area contributed by atoms with E-state index < -0.39 is 0 Å². The van der Waals surface area contributed by atoms with E-state index in [2.05, 4.69) is 187 Å². The number of benzene rings is 8. The predicted octanol–water partition coefficient (Wildman–Crippen LogP) is 14.2. The number of aromatic nitrogens is 1. The van der Waals surface area contributed by atoms with Crippen LogP contribution in [0.15, 0.2) is 182 Å². The van der Waals surface area contributed by atoms with Gasteiger partial charge >= 0.3 is 0 Å². The fraction of sp³-hybridized carbons (Fsp3) is 0.0588. The molecule has 0 bridgehead atoms. The molecule has 250 valence electrons. The molecule has 2 heterocycles. The lowest BCUT2D eigenvalue weighted by molar-refractivity contribution is 0.726. The number of hydrogen-bond donors (Lipinski definition) is 0. The molecule has 0 saturated carbocycles. The van der Waals surface area contributed by atoms with E-state index in [1.54, 1.807) is 0 Å². The average Bonchev–Trinajstić information content (AvgIpc) is 3.72. The van der Waals surface area contributed by atoms with Crippen molar-refractivity contribution in [3.8, 4) is 39.1 Å². The van der Waals surface area contributed by atoms with Gasteiger partial charge in [-0.3, -0.25) is 0 Å². The van der Waals surface area contributed by atoms with Crippen LogP contribution in [0.25, 0.3) is 81.0 Å². The van der Waals surface area contributed by atoms with Crippen molar-refractivity contribution < 1.29 is 0 Å². The van der Waals surface area contributed by atoms with Gasteiger partial charge in [-0.25, -0.2) is 0 Å². The number of thiophene rings is 1. The molecule has 0 saturated heterocycles. The van der Waals surface area contributed by atoms with E-state index in [0.29, 0.717) is 5.92 Å². The maximum absolute atomic E-state index is 2.48. The lowest BCUT2D eigenvalue weighted by Crippen LogP contribution is -2.02. The maximum Gasteiger partial charge on any atom is 0.0640 e. The maximum atomic E-state index is 2.48. The number of fused-ring (bicyclic) bond motifs is 9. The van der Waals surface area contributed by atoms with Crippen LogP contribution in [-0.2, 0) is 6.42 Å². The summed E-state index contributed by atoms with van der Waals surface area (Å²) in [4.78, 5) is 0. The molecule has 0 radical (unpaired) electrons. The van der Waals surface area contributed by atoms with Gasteiger partial charge in [0.15, 0.2) is 0 Å². The second kappa shape index (κ2) is 12.2. The molecule has 1 unspecified atom stereocenters. The summed E-state index contributed by atoms with van der Waals surface area (Å²) in [6.07, 6.45) is 2.14. The number of rotatable bonds is 4. The molecule has 1 aliphatic rings. The summed E-state index contributed by atoms with van der Waals surface area (Å²) in [5.74, 6) is 0.347. The summed E-state index contributed by atoms with van der Waals surface area (Å²) >= 11 is 1.89. The van der Waals surface area contributed by atoms with Crippen LogP contribution in [0.5, 0.6) is 0 Å². The minimum absolute atomic E-state index is 0.347. The van der Waals surface area contributed by atoms with Crippen LogP contribution in [-0.4, -0.2) is 4.57 Å². The minimum Gasteiger partial charge on any atom is -0.308 e. The van der Waals surface area contributed by atoms with Crippen LogP contribution in [0.3, 0.4) is 0 Å². The van der Waals surface area contributed by atoms with E-state index in [0.717, 1.165) is 12.8 Å². The van der Waals surface area contributed by atoms with Gasteiger partial charge in [-0.15, -0.1) is 11.3 Å². The molecule has 0 N–H and O–H groups in total. The lowest BCUT2D eigenvalue weighted by atomic mass is 9.85. The molecule has 53 heavy (non-hydrogen) atoms. The summed E-state index contributed by atoms with van der Waals surface area (Å²) in [6, 6.07) is 67.7. The number of nitrogens with zero attached hydrogens (tertiary/aromatic N) is 1. The number of aryl methyl sites for hydroxylation is 1. The van der Waals surface area contributed by atoms with Crippen molar-refractivity contribution in [1.82, 2.24) is 4.57 Å². The first-order valence-corrected chi connectivity index (χ1v) is 19.4. The van der Waals surface area contributed by atoms with Crippen LogP contribution in [0.2, 0.25) is 0 Å². The van der Waals surface area contributed by atoms with Crippen molar-refractivity contribution in [2.45, 2.75) is 18.8 Å². The van der Waals surface area contributed by atoms with Gasteiger partial charge in [0.05, 0.1) is 21.4 Å². The first-order chi connectivity index (χ1) is 26.3. The van der Waals surface area contributed by atoms with Crippen LogP contribution in [0.1, 0.15) is 29.0 Å². The summed E-state index contributed by atoms with van der Waals surface area (Å²) in [5.41, 5.74) is 15.7. The molecule has 2 aromatic heterocycles. The Hall–Kier alpha value is -6.22. The standard InChI is InChI=1S/C51H35NS/c1-2-11-33(12-3-1)34-21-23-35(24-22-34)39-29-27-36-25-26-37(31-45(36)41-14-5-4-13-40(39)41)38-28-30-48-46(32-38)42-15-6-8-18-47(42)52(48)49-19-10-17-44-43-16-7-9-20-50(43)53-51(44)49/h1-26,28,30-32,39H,27,29H2. The monoisotopic (exact) mass is 693 g/mol. The zero-order valence-electron chi connectivity index (χ0n) is 29.2. The van der Waals surface area contributed by atoms with E-state index in [9.17, 15) is 0 Å².